The number of aliphatic imine (C=N–C) groups is 1. The fourth-order valence-corrected chi connectivity index (χ4v) is 2.73. The number of nitrogens with zero attached hydrogens (tertiary/aromatic N) is 2. The summed E-state index contributed by atoms with van der Waals surface area (Å²) >= 11 is 0. The Morgan fingerprint density at radius 1 is 1.22 bits per heavy atom. The number of halogens is 3. The number of guanidine groups is 1. The lowest BCUT2D eigenvalue weighted by atomic mass is 9.93. The van der Waals surface area contributed by atoms with Crippen LogP contribution in [0.4, 0.5) is 13.2 Å². The van der Waals surface area contributed by atoms with E-state index < -0.39 is 12.7 Å². The molecule has 0 amide bonds. The highest BCUT2D eigenvalue weighted by atomic mass is 19.4. The second kappa shape index (κ2) is 10.7. The maximum atomic E-state index is 12.3. The third kappa shape index (κ3) is 9.65. The molecule has 8 heteroatoms. The van der Waals surface area contributed by atoms with Crippen LogP contribution in [0.5, 0.6) is 0 Å². The van der Waals surface area contributed by atoms with Crippen LogP contribution in [0.25, 0.3) is 0 Å². The van der Waals surface area contributed by atoms with Crippen LogP contribution in [-0.4, -0.2) is 70.5 Å². The van der Waals surface area contributed by atoms with Crippen molar-refractivity contribution in [2.45, 2.75) is 31.9 Å². The van der Waals surface area contributed by atoms with Gasteiger partial charge in [0.2, 0.25) is 0 Å². The van der Waals surface area contributed by atoms with Gasteiger partial charge in [0.25, 0.3) is 0 Å². The summed E-state index contributed by atoms with van der Waals surface area (Å²) in [6.45, 7) is 2.58. The van der Waals surface area contributed by atoms with Gasteiger partial charge in [0.15, 0.2) is 5.96 Å². The summed E-state index contributed by atoms with van der Waals surface area (Å²) < 4.78 is 42.0. The first kappa shape index (κ1) is 20.0. The predicted molar refractivity (Wildman–Crippen MR) is 85.7 cm³/mol. The molecular formula is C15H29F3N4O. The van der Waals surface area contributed by atoms with E-state index >= 15 is 0 Å². The fraction of sp³-hybridized carbons (Fsp3) is 0.933. The average molecular weight is 338 g/mol. The van der Waals surface area contributed by atoms with Crippen molar-refractivity contribution in [2.75, 3.05) is 53.5 Å². The number of nitrogens with one attached hydrogen (secondary N) is 2. The molecular weight excluding hydrogens is 309 g/mol. The first-order chi connectivity index (χ1) is 10.9. The lowest BCUT2D eigenvalue weighted by molar-refractivity contribution is -0.148. The Balaban J connectivity index is 2.12. The molecule has 5 nitrogen and oxygen atoms in total. The maximum absolute atomic E-state index is 12.3. The molecule has 0 bridgehead atoms. The lowest BCUT2D eigenvalue weighted by Gasteiger charge is -2.32. The number of ether oxygens (including phenoxy) is 1. The van der Waals surface area contributed by atoms with Gasteiger partial charge < -0.3 is 15.4 Å². The van der Waals surface area contributed by atoms with E-state index in [9.17, 15) is 13.2 Å². The highest BCUT2D eigenvalue weighted by Crippen LogP contribution is 2.23. The Hall–Kier alpha value is -1.02. The molecule has 1 rings (SSSR count). The van der Waals surface area contributed by atoms with Gasteiger partial charge in [0, 0.05) is 33.9 Å². The van der Waals surface area contributed by atoms with Crippen LogP contribution in [0.3, 0.4) is 0 Å². The molecule has 0 unspecified atom stereocenters. The van der Waals surface area contributed by atoms with E-state index in [4.69, 9.17) is 4.74 Å². The molecule has 23 heavy (non-hydrogen) atoms. The van der Waals surface area contributed by atoms with Crippen molar-refractivity contribution in [1.29, 1.82) is 0 Å². The topological polar surface area (TPSA) is 48.9 Å². The van der Waals surface area contributed by atoms with Gasteiger partial charge in [0.1, 0.15) is 0 Å². The minimum Gasteiger partial charge on any atom is -0.385 e. The van der Waals surface area contributed by atoms with Crippen molar-refractivity contribution >= 4 is 5.96 Å². The molecule has 0 aliphatic carbocycles. The van der Waals surface area contributed by atoms with E-state index in [1.807, 2.05) is 0 Å². The molecule has 0 atom stereocenters. The van der Waals surface area contributed by atoms with Gasteiger partial charge in [-0.15, -0.1) is 0 Å². The molecule has 1 saturated heterocycles. The van der Waals surface area contributed by atoms with Crippen LogP contribution >= 0.6 is 0 Å². The zero-order chi connectivity index (χ0) is 17.1. The smallest absolute Gasteiger partial charge is 0.385 e. The summed E-state index contributed by atoms with van der Waals surface area (Å²) in [5, 5.41) is 6.45. The Morgan fingerprint density at radius 2 is 1.87 bits per heavy atom. The lowest BCUT2D eigenvalue weighted by Crippen LogP contribution is -2.41. The summed E-state index contributed by atoms with van der Waals surface area (Å²) in [5.41, 5.74) is 0. The number of alkyl halides is 3. The molecule has 2 N–H and O–H groups in total. The highest BCUT2D eigenvalue weighted by Gasteiger charge is 2.32. The molecule has 0 spiro atoms. The molecule has 1 aliphatic heterocycles. The summed E-state index contributed by atoms with van der Waals surface area (Å²) in [6, 6.07) is 0. The van der Waals surface area contributed by atoms with Crippen molar-refractivity contribution in [2.24, 2.45) is 10.9 Å². The van der Waals surface area contributed by atoms with E-state index in [1.54, 1.807) is 14.2 Å². The summed E-state index contributed by atoms with van der Waals surface area (Å²) in [4.78, 5) is 5.64. The van der Waals surface area contributed by atoms with Crippen LogP contribution in [0.15, 0.2) is 4.99 Å². The summed E-state index contributed by atoms with van der Waals surface area (Å²) in [7, 11) is 3.40. The standard InChI is InChI=1S/C15H29F3N4O/c1-19-14(20-7-3-11-23-2)21-8-4-13-5-9-22(10-6-13)12-15(16,17)18/h13H,3-12H2,1-2H3,(H2,19,20,21). The average Bonchev–Trinajstić information content (AvgIpc) is 2.50. The molecule has 0 radical (unpaired) electrons. The number of hydrogen-bond acceptors (Lipinski definition) is 3. The van der Waals surface area contributed by atoms with Gasteiger partial charge in [-0.25, -0.2) is 0 Å². The Morgan fingerprint density at radius 3 is 2.43 bits per heavy atom. The zero-order valence-electron chi connectivity index (χ0n) is 14.1. The van der Waals surface area contributed by atoms with Crippen molar-refractivity contribution in [3.05, 3.63) is 0 Å². The molecule has 1 heterocycles. The summed E-state index contributed by atoms with van der Waals surface area (Å²) in [5.74, 6) is 1.24. The largest absolute Gasteiger partial charge is 0.401 e. The number of rotatable bonds is 8. The zero-order valence-corrected chi connectivity index (χ0v) is 14.1. The maximum Gasteiger partial charge on any atom is 0.401 e. The van der Waals surface area contributed by atoms with E-state index in [0.29, 0.717) is 25.6 Å². The van der Waals surface area contributed by atoms with E-state index in [0.717, 1.165) is 44.7 Å². The number of piperidine rings is 1. The van der Waals surface area contributed by atoms with Gasteiger partial charge in [-0.2, -0.15) is 13.2 Å². The second-order valence-electron chi connectivity index (χ2n) is 5.90. The van der Waals surface area contributed by atoms with Gasteiger partial charge >= 0.3 is 6.18 Å². The quantitative estimate of drug-likeness (QED) is 0.403. The number of methoxy groups -OCH3 is 1. The van der Waals surface area contributed by atoms with Gasteiger partial charge in [-0.1, -0.05) is 0 Å². The van der Waals surface area contributed by atoms with Gasteiger partial charge in [-0.05, 0) is 44.7 Å². The van der Waals surface area contributed by atoms with E-state index in [2.05, 4.69) is 15.6 Å². The SMILES string of the molecule is CN=C(NCCCOC)NCCC1CCN(CC(F)(F)F)CC1. The molecule has 0 aromatic heterocycles. The number of hydrogen-bond donors (Lipinski definition) is 2. The minimum atomic E-state index is -4.09. The van der Waals surface area contributed by atoms with Crippen molar-refractivity contribution in [3.63, 3.8) is 0 Å². The van der Waals surface area contributed by atoms with Crippen LogP contribution in [0.1, 0.15) is 25.7 Å². The van der Waals surface area contributed by atoms with Crippen LogP contribution in [0.2, 0.25) is 0 Å². The third-order valence-corrected chi connectivity index (χ3v) is 4.00. The molecule has 1 fully saturated rings. The van der Waals surface area contributed by atoms with E-state index in [1.165, 1.54) is 4.90 Å². The molecule has 0 aromatic rings. The Labute approximate surface area is 136 Å². The third-order valence-electron chi connectivity index (χ3n) is 4.00. The predicted octanol–water partition coefficient (Wildman–Crippen LogP) is 1.85. The van der Waals surface area contributed by atoms with E-state index in [-0.39, 0.29) is 0 Å². The van der Waals surface area contributed by atoms with Crippen molar-refractivity contribution in [1.82, 2.24) is 15.5 Å². The van der Waals surface area contributed by atoms with Crippen LogP contribution in [0, 0.1) is 5.92 Å². The monoisotopic (exact) mass is 338 g/mol. The molecule has 0 saturated carbocycles. The van der Waals surface area contributed by atoms with Gasteiger partial charge in [-0.3, -0.25) is 9.89 Å². The van der Waals surface area contributed by atoms with Crippen LogP contribution < -0.4 is 10.6 Å². The van der Waals surface area contributed by atoms with Crippen molar-refractivity contribution in [3.8, 4) is 0 Å². The Bertz CT molecular complexity index is 342. The first-order valence-electron chi connectivity index (χ1n) is 8.17. The summed E-state index contributed by atoms with van der Waals surface area (Å²) in [6.07, 6.45) is -0.557. The molecule has 1 aliphatic rings. The first-order valence-corrected chi connectivity index (χ1v) is 8.17. The number of likely N-dealkylation sites (tertiary alicyclic amines) is 1. The van der Waals surface area contributed by atoms with Crippen molar-refractivity contribution < 1.29 is 17.9 Å². The highest BCUT2D eigenvalue weighted by molar-refractivity contribution is 5.79. The molecule has 0 aromatic carbocycles. The van der Waals surface area contributed by atoms with Crippen LogP contribution in [-0.2, 0) is 4.74 Å². The normalized spacial score (nSPS) is 18.2. The second-order valence-corrected chi connectivity index (χ2v) is 5.90. The molecule has 136 valence electrons. The Kier molecular flexibility index (Phi) is 9.31. The van der Waals surface area contributed by atoms with Gasteiger partial charge in [0.05, 0.1) is 6.54 Å². The minimum absolute atomic E-state index is 0.485. The fourth-order valence-electron chi connectivity index (χ4n) is 2.73.